The fraction of sp³-hybridized carbons (Fsp3) is 0.207. The van der Waals surface area contributed by atoms with Crippen molar-refractivity contribution in [2.75, 3.05) is 10.6 Å². The van der Waals surface area contributed by atoms with Gasteiger partial charge in [-0.2, -0.15) is 0 Å². The van der Waals surface area contributed by atoms with Crippen LogP contribution in [0.15, 0.2) is 70.3 Å². The molecule has 0 radical (unpaired) electrons. The number of benzodiazepines with no additional fused rings is 1. The minimum absolute atomic E-state index is 0.0213. The van der Waals surface area contributed by atoms with Crippen LogP contribution in [-0.4, -0.2) is 42.9 Å². The first-order valence-corrected chi connectivity index (χ1v) is 14.0. The normalized spacial score (nSPS) is 16.8. The third kappa shape index (κ3) is 4.76. The van der Waals surface area contributed by atoms with E-state index in [4.69, 9.17) is 9.40 Å². The summed E-state index contributed by atoms with van der Waals surface area (Å²) in [6, 6.07) is 13.9. The minimum Gasteiger partial charge on any atom is -0.402 e. The number of rotatable bonds is 6. The van der Waals surface area contributed by atoms with E-state index in [1.165, 1.54) is 12.5 Å². The summed E-state index contributed by atoms with van der Waals surface area (Å²) in [6.07, 6.45) is 5.71. The molecule has 2 aliphatic rings. The monoisotopic (exact) mass is 566 g/mol. The Labute approximate surface area is 237 Å². The van der Waals surface area contributed by atoms with E-state index in [-0.39, 0.29) is 17.6 Å². The average Bonchev–Trinajstić information content (AvgIpc) is 3.56. The van der Waals surface area contributed by atoms with Crippen LogP contribution >= 0.6 is 11.3 Å². The maximum atomic E-state index is 14.8. The Hall–Kier alpha value is -4.84. The third-order valence-electron chi connectivity index (χ3n) is 7.10. The first kappa shape index (κ1) is 25.1. The number of amides is 1. The van der Waals surface area contributed by atoms with Crippen molar-refractivity contribution >= 4 is 34.7 Å². The Kier molecular flexibility index (Phi) is 6.31. The van der Waals surface area contributed by atoms with Gasteiger partial charge in [-0.05, 0) is 25.8 Å². The molecule has 1 saturated carbocycles. The summed E-state index contributed by atoms with van der Waals surface area (Å²) in [6.45, 7) is 1.83. The van der Waals surface area contributed by atoms with Gasteiger partial charge in [0.25, 0.3) is 11.8 Å². The first-order valence-electron chi connectivity index (χ1n) is 13.2. The highest BCUT2D eigenvalue weighted by atomic mass is 32.1. The van der Waals surface area contributed by atoms with E-state index < -0.39 is 17.9 Å². The molecule has 0 saturated heterocycles. The number of thiazole rings is 1. The number of anilines is 2. The molecule has 3 aromatic heterocycles. The number of carbonyl (C=O) groups excluding carboxylic acids is 1. The Morgan fingerprint density at radius 1 is 1.02 bits per heavy atom. The summed E-state index contributed by atoms with van der Waals surface area (Å²) in [5.74, 6) is 0.142. The lowest BCUT2D eigenvalue weighted by Gasteiger charge is -2.22. The largest absolute Gasteiger partial charge is 0.402 e. The highest BCUT2D eigenvalue weighted by molar-refractivity contribution is 7.15. The Balaban J connectivity index is 1.24. The number of hydrogen-bond donors (Lipinski definition) is 2. The molecule has 0 bridgehead atoms. The average molecular weight is 567 g/mol. The fourth-order valence-electron chi connectivity index (χ4n) is 4.73. The van der Waals surface area contributed by atoms with Crippen molar-refractivity contribution in [2.24, 2.45) is 4.99 Å². The standard InChI is InChI=1S/C29H23FN8O2S/c1-15-31-13-18(14-32-15)24-23(35-28(41-24)17-9-5-10-17)27-37-38-29(40-27)36-25-26(39)34-22-19(11-6-12-20(22)30)21(33-25)16-7-3-2-4-8-16/h2-4,6-8,11-14,17,25H,5,9-10H2,1H3,(H,34,39)(H,36,38)/t25-/m1/s1. The number of aryl methyl sites for hydroxylation is 1. The van der Waals surface area contributed by atoms with Crippen LogP contribution in [0.25, 0.3) is 22.0 Å². The highest BCUT2D eigenvalue weighted by Crippen LogP contribution is 2.44. The van der Waals surface area contributed by atoms with Crippen molar-refractivity contribution in [1.82, 2.24) is 25.1 Å². The number of aromatic nitrogens is 5. The molecular formula is C29H23FN8O2S. The topological polar surface area (TPSA) is 131 Å². The lowest BCUT2D eigenvalue weighted by Crippen LogP contribution is -2.32. The molecule has 0 unspecified atom stereocenters. The van der Waals surface area contributed by atoms with Crippen LogP contribution in [-0.2, 0) is 4.79 Å². The van der Waals surface area contributed by atoms with Crippen LogP contribution in [0.1, 0.15) is 47.1 Å². The lowest BCUT2D eigenvalue weighted by atomic mass is 9.86. The second-order valence-electron chi connectivity index (χ2n) is 9.83. The molecular weight excluding hydrogens is 543 g/mol. The van der Waals surface area contributed by atoms with Gasteiger partial charge in [-0.15, -0.1) is 16.4 Å². The van der Waals surface area contributed by atoms with Crippen molar-refractivity contribution in [1.29, 1.82) is 0 Å². The molecule has 5 aromatic rings. The number of benzene rings is 2. The van der Waals surface area contributed by atoms with Gasteiger partial charge in [-0.1, -0.05) is 54.0 Å². The summed E-state index contributed by atoms with van der Waals surface area (Å²) >= 11 is 1.58. The van der Waals surface area contributed by atoms with Crippen LogP contribution in [0.2, 0.25) is 0 Å². The zero-order valence-corrected chi connectivity index (χ0v) is 22.7. The molecule has 1 aliphatic heterocycles. The molecule has 7 rings (SSSR count). The van der Waals surface area contributed by atoms with Crippen LogP contribution in [0, 0.1) is 12.7 Å². The van der Waals surface area contributed by atoms with Gasteiger partial charge >= 0.3 is 6.01 Å². The molecule has 204 valence electrons. The Morgan fingerprint density at radius 2 is 1.83 bits per heavy atom. The summed E-state index contributed by atoms with van der Waals surface area (Å²) in [5, 5.41) is 15.0. The van der Waals surface area contributed by atoms with Crippen LogP contribution in [0.4, 0.5) is 16.1 Å². The molecule has 41 heavy (non-hydrogen) atoms. The number of aliphatic imine (C=N–C) groups is 1. The number of hydrogen-bond acceptors (Lipinski definition) is 10. The van der Waals surface area contributed by atoms with Gasteiger partial charge in [0, 0.05) is 35.0 Å². The molecule has 2 aromatic carbocycles. The van der Waals surface area contributed by atoms with Crippen LogP contribution in [0.3, 0.4) is 0 Å². The van der Waals surface area contributed by atoms with Crippen LogP contribution < -0.4 is 10.6 Å². The van der Waals surface area contributed by atoms with E-state index in [1.54, 1.807) is 35.9 Å². The van der Waals surface area contributed by atoms with Gasteiger partial charge in [0.2, 0.25) is 6.17 Å². The molecule has 1 atom stereocenters. The van der Waals surface area contributed by atoms with E-state index in [0.29, 0.717) is 28.7 Å². The van der Waals surface area contributed by atoms with E-state index in [0.717, 1.165) is 33.9 Å². The van der Waals surface area contributed by atoms with Gasteiger partial charge in [0.15, 0.2) is 0 Å². The molecule has 10 nitrogen and oxygen atoms in total. The summed E-state index contributed by atoms with van der Waals surface area (Å²) in [7, 11) is 0. The second kappa shape index (κ2) is 10.3. The molecule has 12 heteroatoms. The summed E-state index contributed by atoms with van der Waals surface area (Å²) in [5.41, 5.74) is 3.05. The van der Waals surface area contributed by atoms with Crippen molar-refractivity contribution in [3.8, 4) is 22.0 Å². The highest BCUT2D eigenvalue weighted by Gasteiger charge is 2.31. The maximum Gasteiger partial charge on any atom is 0.317 e. The van der Waals surface area contributed by atoms with Gasteiger partial charge < -0.3 is 15.1 Å². The predicted molar refractivity (Wildman–Crippen MR) is 152 cm³/mol. The van der Waals surface area contributed by atoms with Gasteiger partial charge in [-0.3, -0.25) is 4.79 Å². The number of carbonyl (C=O) groups is 1. The first-order chi connectivity index (χ1) is 20.0. The molecule has 1 amide bonds. The maximum absolute atomic E-state index is 14.8. The zero-order valence-electron chi connectivity index (χ0n) is 21.8. The number of para-hydroxylation sites is 1. The van der Waals surface area contributed by atoms with Crippen molar-refractivity contribution in [3.05, 3.63) is 88.7 Å². The molecule has 1 aliphatic carbocycles. The molecule has 2 N–H and O–H groups in total. The van der Waals surface area contributed by atoms with Gasteiger partial charge in [-0.25, -0.2) is 24.3 Å². The van der Waals surface area contributed by atoms with Gasteiger partial charge in [0.1, 0.15) is 17.3 Å². The summed E-state index contributed by atoms with van der Waals surface area (Å²) in [4.78, 5) is 32.3. The van der Waals surface area contributed by atoms with Gasteiger partial charge in [0.05, 0.1) is 21.3 Å². The number of fused-ring (bicyclic) bond motifs is 1. The Morgan fingerprint density at radius 3 is 2.59 bits per heavy atom. The third-order valence-corrected chi connectivity index (χ3v) is 8.37. The molecule has 0 spiro atoms. The van der Waals surface area contributed by atoms with E-state index >= 15 is 0 Å². The fourth-order valence-corrected chi connectivity index (χ4v) is 5.93. The van der Waals surface area contributed by atoms with Crippen molar-refractivity contribution < 1.29 is 13.6 Å². The van der Waals surface area contributed by atoms with E-state index in [1.807, 2.05) is 37.3 Å². The quantitative estimate of drug-likeness (QED) is 0.272. The van der Waals surface area contributed by atoms with Crippen molar-refractivity contribution in [2.45, 2.75) is 38.3 Å². The number of nitrogens with zero attached hydrogens (tertiary/aromatic N) is 6. The second-order valence-corrected chi connectivity index (χ2v) is 10.9. The summed E-state index contributed by atoms with van der Waals surface area (Å²) < 4.78 is 20.8. The van der Waals surface area contributed by atoms with Crippen LogP contribution in [0.5, 0.6) is 0 Å². The van der Waals surface area contributed by atoms with E-state index in [9.17, 15) is 9.18 Å². The van der Waals surface area contributed by atoms with E-state index in [2.05, 4.69) is 35.8 Å². The number of nitrogens with one attached hydrogen (secondary N) is 2. The molecule has 4 heterocycles. The molecule has 1 fully saturated rings. The smallest absolute Gasteiger partial charge is 0.317 e. The zero-order chi connectivity index (χ0) is 27.9. The lowest BCUT2D eigenvalue weighted by molar-refractivity contribution is -0.116. The van der Waals surface area contributed by atoms with Crippen molar-refractivity contribution in [3.63, 3.8) is 0 Å². The Bertz CT molecular complexity index is 1780. The SMILES string of the molecule is Cc1ncc(-c2sc(C3CCC3)nc2-c2nnc(N[C@H]3N=C(c4ccccc4)c4cccc(F)c4NC3=O)o2)cn1. The number of halogens is 1. The minimum atomic E-state index is -1.17. The predicted octanol–water partition coefficient (Wildman–Crippen LogP) is 5.59.